The van der Waals surface area contributed by atoms with Gasteiger partial charge in [0.2, 0.25) is 0 Å². The van der Waals surface area contributed by atoms with Crippen LogP contribution in [0.4, 0.5) is 5.69 Å². The minimum absolute atomic E-state index is 0.0760. The van der Waals surface area contributed by atoms with Gasteiger partial charge in [0.25, 0.3) is 0 Å². The molecule has 1 aromatic heterocycles. The molecule has 0 bridgehead atoms. The average molecular weight is 265 g/mol. The number of rotatable bonds is 5. The van der Waals surface area contributed by atoms with Crippen molar-refractivity contribution < 1.29 is 9.47 Å². The molecule has 1 aliphatic rings. The highest BCUT2D eigenvalue weighted by Crippen LogP contribution is 2.22. The van der Waals surface area contributed by atoms with Crippen LogP contribution in [0, 0.1) is 0 Å². The van der Waals surface area contributed by atoms with Gasteiger partial charge in [-0.3, -0.25) is 4.98 Å². The molecule has 1 aromatic rings. The molecule has 2 rings (SSSR count). The number of hydrogen-bond donors (Lipinski definition) is 1. The SMILES string of the molecule is COC(C)COc1cncc(N2CCCC(N)C2)c1. The fraction of sp³-hybridized carbons (Fsp3) is 0.643. The predicted molar refractivity (Wildman–Crippen MR) is 75.6 cm³/mol. The van der Waals surface area contributed by atoms with Gasteiger partial charge >= 0.3 is 0 Å². The zero-order valence-electron chi connectivity index (χ0n) is 11.7. The number of piperidine rings is 1. The normalized spacial score (nSPS) is 21.2. The van der Waals surface area contributed by atoms with Crippen molar-refractivity contribution >= 4 is 5.69 Å². The molecule has 1 saturated heterocycles. The lowest BCUT2D eigenvalue weighted by Gasteiger charge is -2.32. The Bertz CT molecular complexity index is 400. The van der Waals surface area contributed by atoms with Crippen molar-refractivity contribution in [1.82, 2.24) is 4.98 Å². The molecule has 0 amide bonds. The van der Waals surface area contributed by atoms with Crippen LogP contribution in [-0.2, 0) is 4.74 Å². The van der Waals surface area contributed by atoms with E-state index in [4.69, 9.17) is 15.2 Å². The van der Waals surface area contributed by atoms with Crippen LogP contribution >= 0.6 is 0 Å². The number of ether oxygens (including phenoxy) is 2. The third-order valence-electron chi connectivity index (χ3n) is 3.41. The zero-order valence-corrected chi connectivity index (χ0v) is 11.7. The number of hydrogen-bond acceptors (Lipinski definition) is 5. The molecule has 0 radical (unpaired) electrons. The van der Waals surface area contributed by atoms with Gasteiger partial charge in [0.05, 0.1) is 24.2 Å². The summed E-state index contributed by atoms with van der Waals surface area (Å²) in [5, 5.41) is 0. The van der Waals surface area contributed by atoms with Gasteiger partial charge in [-0.05, 0) is 19.8 Å². The van der Waals surface area contributed by atoms with Crippen molar-refractivity contribution in [3.05, 3.63) is 18.5 Å². The minimum Gasteiger partial charge on any atom is -0.489 e. The maximum absolute atomic E-state index is 6.01. The van der Waals surface area contributed by atoms with E-state index in [0.29, 0.717) is 6.61 Å². The monoisotopic (exact) mass is 265 g/mol. The Balaban J connectivity index is 1.98. The number of anilines is 1. The quantitative estimate of drug-likeness (QED) is 0.872. The van der Waals surface area contributed by atoms with Crippen LogP contribution < -0.4 is 15.4 Å². The van der Waals surface area contributed by atoms with E-state index in [1.54, 1.807) is 13.3 Å². The standard InChI is InChI=1S/C14H23N3O2/c1-11(18-2)10-19-14-6-13(7-16-8-14)17-5-3-4-12(15)9-17/h6-8,11-12H,3-5,9-10,15H2,1-2H3. The molecule has 0 aliphatic carbocycles. The lowest BCUT2D eigenvalue weighted by atomic mass is 10.1. The van der Waals surface area contributed by atoms with Crippen molar-refractivity contribution in [3.8, 4) is 5.75 Å². The van der Waals surface area contributed by atoms with Gasteiger partial charge < -0.3 is 20.1 Å². The largest absolute Gasteiger partial charge is 0.489 e. The summed E-state index contributed by atoms with van der Waals surface area (Å²) in [4.78, 5) is 6.51. The molecule has 19 heavy (non-hydrogen) atoms. The van der Waals surface area contributed by atoms with E-state index in [0.717, 1.165) is 37.4 Å². The Labute approximate surface area is 114 Å². The lowest BCUT2D eigenvalue weighted by Crippen LogP contribution is -2.42. The smallest absolute Gasteiger partial charge is 0.139 e. The molecule has 0 aromatic carbocycles. The second kappa shape index (κ2) is 6.73. The zero-order chi connectivity index (χ0) is 13.7. The number of pyridine rings is 1. The van der Waals surface area contributed by atoms with Crippen LogP contribution in [0.3, 0.4) is 0 Å². The van der Waals surface area contributed by atoms with Crippen molar-refractivity contribution in [2.24, 2.45) is 5.73 Å². The summed E-state index contributed by atoms with van der Waals surface area (Å²) in [5.41, 5.74) is 7.09. The highest BCUT2D eigenvalue weighted by atomic mass is 16.5. The van der Waals surface area contributed by atoms with Gasteiger partial charge in [-0.15, -0.1) is 0 Å². The van der Waals surface area contributed by atoms with Gasteiger partial charge in [-0.1, -0.05) is 0 Å². The summed E-state index contributed by atoms with van der Waals surface area (Å²) >= 11 is 0. The van der Waals surface area contributed by atoms with Gasteiger partial charge in [-0.25, -0.2) is 0 Å². The van der Waals surface area contributed by atoms with Crippen molar-refractivity contribution in [3.63, 3.8) is 0 Å². The molecule has 5 nitrogen and oxygen atoms in total. The van der Waals surface area contributed by atoms with Crippen LogP contribution in [0.1, 0.15) is 19.8 Å². The first-order valence-corrected chi connectivity index (χ1v) is 6.80. The Morgan fingerprint density at radius 2 is 2.37 bits per heavy atom. The number of nitrogens with two attached hydrogens (primary N) is 1. The molecular weight excluding hydrogens is 242 g/mol. The molecule has 106 valence electrons. The molecular formula is C14H23N3O2. The topological polar surface area (TPSA) is 60.6 Å². The van der Waals surface area contributed by atoms with Crippen LogP contribution in [0.25, 0.3) is 0 Å². The van der Waals surface area contributed by atoms with E-state index in [1.165, 1.54) is 0 Å². The molecule has 2 heterocycles. The minimum atomic E-state index is 0.0760. The van der Waals surface area contributed by atoms with E-state index in [1.807, 2.05) is 19.2 Å². The molecule has 2 unspecified atom stereocenters. The summed E-state index contributed by atoms with van der Waals surface area (Å²) in [7, 11) is 1.68. The van der Waals surface area contributed by atoms with Crippen LogP contribution in [-0.4, -0.2) is 43.9 Å². The fourth-order valence-corrected chi connectivity index (χ4v) is 2.19. The van der Waals surface area contributed by atoms with Crippen LogP contribution in [0.5, 0.6) is 5.75 Å². The third-order valence-corrected chi connectivity index (χ3v) is 3.41. The summed E-state index contributed by atoms with van der Waals surface area (Å²) in [6, 6.07) is 2.28. The first-order chi connectivity index (χ1) is 9.19. The lowest BCUT2D eigenvalue weighted by molar-refractivity contribution is 0.0715. The van der Waals surface area contributed by atoms with Crippen molar-refractivity contribution in [2.75, 3.05) is 31.7 Å². The summed E-state index contributed by atoms with van der Waals surface area (Å²) in [6.07, 6.45) is 5.91. The van der Waals surface area contributed by atoms with E-state index < -0.39 is 0 Å². The molecule has 5 heteroatoms. The molecule has 2 atom stereocenters. The van der Waals surface area contributed by atoms with Gasteiger partial charge in [0, 0.05) is 32.3 Å². The second-order valence-electron chi connectivity index (χ2n) is 5.08. The highest BCUT2D eigenvalue weighted by Gasteiger charge is 2.17. The van der Waals surface area contributed by atoms with Gasteiger partial charge in [0.1, 0.15) is 12.4 Å². The van der Waals surface area contributed by atoms with Crippen molar-refractivity contribution in [2.45, 2.75) is 31.9 Å². The maximum Gasteiger partial charge on any atom is 0.139 e. The van der Waals surface area contributed by atoms with Crippen LogP contribution in [0.2, 0.25) is 0 Å². The molecule has 1 aliphatic heterocycles. The summed E-state index contributed by atoms with van der Waals surface area (Å²) in [5.74, 6) is 0.778. The third kappa shape index (κ3) is 4.08. The first kappa shape index (κ1) is 14.1. The van der Waals surface area contributed by atoms with Crippen LogP contribution in [0.15, 0.2) is 18.5 Å². The highest BCUT2D eigenvalue weighted by molar-refractivity contribution is 5.48. The van der Waals surface area contributed by atoms with E-state index in [-0.39, 0.29) is 12.1 Å². The second-order valence-corrected chi connectivity index (χ2v) is 5.08. The average Bonchev–Trinajstić information content (AvgIpc) is 2.45. The molecule has 0 saturated carbocycles. The summed E-state index contributed by atoms with van der Waals surface area (Å²) in [6.45, 7) is 4.43. The summed E-state index contributed by atoms with van der Waals surface area (Å²) < 4.78 is 10.8. The number of methoxy groups -OCH3 is 1. The Morgan fingerprint density at radius 1 is 1.53 bits per heavy atom. The van der Waals surface area contributed by atoms with Gasteiger partial charge in [-0.2, -0.15) is 0 Å². The predicted octanol–water partition coefficient (Wildman–Crippen LogP) is 1.42. The number of nitrogens with zero attached hydrogens (tertiary/aromatic N) is 2. The van der Waals surface area contributed by atoms with Gasteiger partial charge in [0.15, 0.2) is 0 Å². The van der Waals surface area contributed by atoms with E-state index in [2.05, 4.69) is 9.88 Å². The molecule has 2 N–H and O–H groups in total. The first-order valence-electron chi connectivity index (χ1n) is 6.80. The number of aromatic nitrogens is 1. The Kier molecular flexibility index (Phi) is 4.99. The molecule has 1 fully saturated rings. The van der Waals surface area contributed by atoms with E-state index >= 15 is 0 Å². The molecule has 0 spiro atoms. The Morgan fingerprint density at radius 3 is 3.11 bits per heavy atom. The maximum atomic E-state index is 6.01. The Hall–Kier alpha value is -1.33. The van der Waals surface area contributed by atoms with Crippen molar-refractivity contribution in [1.29, 1.82) is 0 Å². The fourth-order valence-electron chi connectivity index (χ4n) is 2.19. The van der Waals surface area contributed by atoms with E-state index in [9.17, 15) is 0 Å².